The first-order valence-corrected chi connectivity index (χ1v) is 11.7. The largest absolute Gasteiger partial charge is 0.497 e. The first-order valence-electron chi connectivity index (χ1n) is 11.7. The summed E-state index contributed by atoms with van der Waals surface area (Å²) in [5.41, 5.74) is 6.35. The number of aryl methyl sites for hydroxylation is 2. The molecule has 1 atom stereocenters. The summed E-state index contributed by atoms with van der Waals surface area (Å²) < 4.78 is 11.9. The second-order valence-electron chi connectivity index (χ2n) is 8.96. The molecule has 0 bridgehead atoms. The minimum Gasteiger partial charge on any atom is -0.497 e. The number of nitrogens with zero attached hydrogens (tertiary/aromatic N) is 1. The highest BCUT2D eigenvalue weighted by Gasteiger charge is 2.26. The van der Waals surface area contributed by atoms with E-state index in [0.29, 0.717) is 6.04 Å². The van der Waals surface area contributed by atoms with Gasteiger partial charge in [0.2, 0.25) is 0 Å². The lowest BCUT2D eigenvalue weighted by atomic mass is 9.99. The van der Waals surface area contributed by atoms with E-state index in [9.17, 15) is 0 Å². The zero-order valence-electron chi connectivity index (χ0n) is 19.6. The van der Waals surface area contributed by atoms with Crippen LogP contribution in [0.5, 0.6) is 5.75 Å². The first kappa shape index (κ1) is 22.6. The fraction of sp³-hybridized carbons (Fsp3) is 0.379. The van der Waals surface area contributed by atoms with Crippen LogP contribution in [0.4, 0.5) is 0 Å². The average molecular weight is 430 g/mol. The van der Waals surface area contributed by atoms with Crippen LogP contribution >= 0.6 is 0 Å². The number of ether oxygens (including phenoxy) is 2. The Hall–Kier alpha value is -2.62. The van der Waals surface area contributed by atoms with Gasteiger partial charge in [-0.25, -0.2) is 0 Å². The predicted octanol–water partition coefficient (Wildman–Crippen LogP) is 6.13. The Balaban J connectivity index is 1.40. The molecule has 0 amide bonds. The molecule has 1 fully saturated rings. The van der Waals surface area contributed by atoms with Crippen LogP contribution in [0.25, 0.3) is 0 Å². The molecule has 0 unspecified atom stereocenters. The van der Waals surface area contributed by atoms with Crippen LogP contribution in [0, 0.1) is 13.8 Å². The van der Waals surface area contributed by atoms with Gasteiger partial charge >= 0.3 is 0 Å². The first-order chi connectivity index (χ1) is 15.6. The van der Waals surface area contributed by atoms with Crippen molar-refractivity contribution in [2.24, 2.45) is 0 Å². The van der Waals surface area contributed by atoms with Crippen LogP contribution in [0.2, 0.25) is 0 Å². The highest BCUT2D eigenvalue weighted by molar-refractivity contribution is 5.33. The maximum Gasteiger partial charge on any atom is 0.118 e. The lowest BCUT2D eigenvalue weighted by Crippen LogP contribution is -2.35. The van der Waals surface area contributed by atoms with E-state index in [2.05, 4.69) is 79.4 Å². The normalized spacial score (nSPS) is 16.6. The Labute approximate surface area is 193 Å². The highest BCUT2D eigenvalue weighted by atomic mass is 16.5. The summed E-state index contributed by atoms with van der Waals surface area (Å²) in [7, 11) is 1.71. The monoisotopic (exact) mass is 429 g/mol. The van der Waals surface area contributed by atoms with Crippen LogP contribution < -0.4 is 4.74 Å². The zero-order chi connectivity index (χ0) is 22.3. The van der Waals surface area contributed by atoms with Crippen LogP contribution in [-0.2, 0) is 11.2 Å². The molecule has 1 heterocycles. The molecule has 0 radical (unpaired) electrons. The molecule has 32 heavy (non-hydrogen) atoms. The van der Waals surface area contributed by atoms with E-state index >= 15 is 0 Å². The van der Waals surface area contributed by atoms with E-state index in [0.717, 1.165) is 31.9 Å². The van der Waals surface area contributed by atoms with Crippen LogP contribution in [0.15, 0.2) is 72.8 Å². The maximum atomic E-state index is 6.63. The van der Waals surface area contributed by atoms with Crippen molar-refractivity contribution >= 4 is 0 Å². The molecule has 1 aliphatic heterocycles. The minimum atomic E-state index is -0.0276. The summed E-state index contributed by atoms with van der Waals surface area (Å²) in [5.74, 6) is 0.916. The van der Waals surface area contributed by atoms with Crippen molar-refractivity contribution in [3.63, 3.8) is 0 Å². The Morgan fingerprint density at radius 3 is 2.00 bits per heavy atom. The van der Waals surface area contributed by atoms with Gasteiger partial charge in [-0.05, 0) is 68.5 Å². The van der Waals surface area contributed by atoms with Crippen molar-refractivity contribution in [1.29, 1.82) is 0 Å². The summed E-state index contributed by atoms with van der Waals surface area (Å²) in [6.45, 7) is 7.24. The van der Waals surface area contributed by atoms with Crippen molar-refractivity contribution in [3.8, 4) is 5.75 Å². The Kier molecular flexibility index (Phi) is 7.62. The maximum absolute atomic E-state index is 6.63. The van der Waals surface area contributed by atoms with Gasteiger partial charge in [0.25, 0.3) is 0 Å². The summed E-state index contributed by atoms with van der Waals surface area (Å²) in [4.78, 5) is 2.60. The fourth-order valence-corrected chi connectivity index (χ4v) is 4.52. The number of methoxy groups -OCH3 is 1. The summed E-state index contributed by atoms with van der Waals surface area (Å²) in [5, 5.41) is 0. The Bertz CT molecular complexity index is 918. The van der Waals surface area contributed by atoms with Gasteiger partial charge in [0, 0.05) is 12.6 Å². The smallest absolute Gasteiger partial charge is 0.118 e. The SMILES string of the molecule is COc1ccc(CCN2CCC[C@H]2COC(c2ccc(C)cc2)c2ccc(C)cc2)cc1. The minimum absolute atomic E-state index is 0.0276. The second kappa shape index (κ2) is 10.8. The quantitative estimate of drug-likeness (QED) is 0.409. The molecular formula is C29H35NO2. The predicted molar refractivity (Wildman–Crippen MR) is 131 cm³/mol. The van der Waals surface area contributed by atoms with Gasteiger partial charge in [-0.1, -0.05) is 71.8 Å². The molecule has 0 aromatic heterocycles. The van der Waals surface area contributed by atoms with Gasteiger partial charge in [0.05, 0.1) is 13.7 Å². The van der Waals surface area contributed by atoms with Gasteiger partial charge in [0.15, 0.2) is 0 Å². The fourth-order valence-electron chi connectivity index (χ4n) is 4.52. The van der Waals surface area contributed by atoms with Gasteiger partial charge < -0.3 is 9.47 Å². The number of hydrogen-bond acceptors (Lipinski definition) is 3. The van der Waals surface area contributed by atoms with Crippen LogP contribution in [-0.4, -0.2) is 37.7 Å². The molecule has 1 aliphatic rings. The third-order valence-corrected chi connectivity index (χ3v) is 6.56. The van der Waals surface area contributed by atoms with E-state index in [1.807, 2.05) is 12.1 Å². The summed E-state index contributed by atoms with van der Waals surface area (Å²) >= 11 is 0. The van der Waals surface area contributed by atoms with Gasteiger partial charge in [-0.2, -0.15) is 0 Å². The van der Waals surface area contributed by atoms with Gasteiger partial charge in [-0.15, -0.1) is 0 Å². The lowest BCUT2D eigenvalue weighted by Gasteiger charge is -2.27. The molecule has 0 spiro atoms. The molecule has 3 heteroatoms. The van der Waals surface area contributed by atoms with Crippen molar-refractivity contribution in [2.75, 3.05) is 26.8 Å². The third kappa shape index (κ3) is 5.79. The van der Waals surface area contributed by atoms with Gasteiger partial charge in [0.1, 0.15) is 11.9 Å². The molecule has 0 saturated carbocycles. The molecule has 0 aliphatic carbocycles. The van der Waals surface area contributed by atoms with Gasteiger partial charge in [-0.3, -0.25) is 4.90 Å². The second-order valence-corrected chi connectivity index (χ2v) is 8.96. The Morgan fingerprint density at radius 1 is 0.844 bits per heavy atom. The number of hydrogen-bond donors (Lipinski definition) is 0. The molecule has 3 aromatic rings. The van der Waals surface area contributed by atoms with E-state index in [1.54, 1.807) is 7.11 Å². The third-order valence-electron chi connectivity index (χ3n) is 6.56. The highest BCUT2D eigenvalue weighted by Crippen LogP contribution is 2.29. The molecule has 3 nitrogen and oxygen atoms in total. The number of rotatable bonds is 9. The van der Waals surface area contributed by atoms with E-state index in [-0.39, 0.29) is 6.10 Å². The van der Waals surface area contributed by atoms with E-state index < -0.39 is 0 Å². The topological polar surface area (TPSA) is 21.7 Å². The molecule has 168 valence electrons. The number of likely N-dealkylation sites (tertiary alicyclic amines) is 1. The van der Waals surface area contributed by atoms with Crippen molar-refractivity contribution in [1.82, 2.24) is 4.90 Å². The van der Waals surface area contributed by atoms with Crippen LogP contribution in [0.1, 0.15) is 46.8 Å². The molecule has 0 N–H and O–H groups in total. The zero-order valence-corrected chi connectivity index (χ0v) is 19.6. The molecular weight excluding hydrogens is 394 g/mol. The van der Waals surface area contributed by atoms with E-state index in [4.69, 9.17) is 9.47 Å². The Morgan fingerprint density at radius 2 is 1.44 bits per heavy atom. The van der Waals surface area contributed by atoms with Crippen molar-refractivity contribution in [3.05, 3.63) is 101 Å². The number of benzene rings is 3. The van der Waals surface area contributed by atoms with Crippen molar-refractivity contribution < 1.29 is 9.47 Å². The molecule has 1 saturated heterocycles. The van der Waals surface area contributed by atoms with Crippen LogP contribution in [0.3, 0.4) is 0 Å². The molecule has 4 rings (SSSR count). The van der Waals surface area contributed by atoms with Crippen molar-refractivity contribution in [2.45, 2.75) is 45.3 Å². The standard InChI is InChI=1S/C29H35NO2/c1-22-6-12-25(13-7-22)29(26-14-8-23(2)9-15-26)32-21-27-5-4-19-30(27)20-18-24-10-16-28(31-3)17-11-24/h6-17,27,29H,4-5,18-21H2,1-3H3/t27-/m0/s1. The average Bonchev–Trinajstić information content (AvgIpc) is 3.27. The summed E-state index contributed by atoms with van der Waals surface area (Å²) in [6, 6.07) is 26.4. The lowest BCUT2D eigenvalue weighted by molar-refractivity contribution is 0.0381. The van der Waals surface area contributed by atoms with E-state index in [1.165, 1.54) is 40.7 Å². The summed E-state index contributed by atoms with van der Waals surface area (Å²) in [6.07, 6.45) is 3.48. The molecule has 3 aromatic carbocycles.